The standard InChI is InChI=1S/C13H9Cl2FO/c1-17-10-6-8(5-9(16)7-10)11-3-2-4-12(14)13(11)15/h2-7H,1H3. The van der Waals surface area contributed by atoms with Gasteiger partial charge >= 0.3 is 0 Å². The highest BCUT2D eigenvalue weighted by Crippen LogP contribution is 2.35. The number of halogens is 3. The van der Waals surface area contributed by atoms with Crippen LogP contribution in [0.5, 0.6) is 5.75 Å². The second kappa shape index (κ2) is 4.94. The van der Waals surface area contributed by atoms with Crippen LogP contribution in [0, 0.1) is 5.82 Å². The van der Waals surface area contributed by atoms with E-state index in [1.807, 2.05) is 0 Å². The van der Waals surface area contributed by atoms with Crippen LogP contribution in [0.3, 0.4) is 0 Å². The minimum absolute atomic E-state index is 0.379. The monoisotopic (exact) mass is 270 g/mol. The Hall–Kier alpha value is -1.25. The van der Waals surface area contributed by atoms with Gasteiger partial charge in [0.25, 0.3) is 0 Å². The summed E-state index contributed by atoms with van der Waals surface area (Å²) in [5.41, 5.74) is 1.31. The lowest BCUT2D eigenvalue weighted by Gasteiger charge is -2.08. The molecule has 0 bridgehead atoms. The van der Waals surface area contributed by atoms with E-state index in [4.69, 9.17) is 27.9 Å². The number of hydrogen-bond donors (Lipinski definition) is 0. The molecule has 0 unspecified atom stereocenters. The van der Waals surface area contributed by atoms with Crippen LogP contribution in [0.15, 0.2) is 36.4 Å². The average Bonchev–Trinajstić information content (AvgIpc) is 2.31. The van der Waals surface area contributed by atoms with Crippen molar-refractivity contribution in [2.75, 3.05) is 7.11 Å². The maximum Gasteiger partial charge on any atom is 0.127 e. The highest BCUT2D eigenvalue weighted by molar-refractivity contribution is 6.43. The summed E-state index contributed by atoms with van der Waals surface area (Å²) >= 11 is 12.0. The topological polar surface area (TPSA) is 9.23 Å². The second-order valence-corrected chi connectivity index (χ2v) is 4.27. The van der Waals surface area contributed by atoms with Crippen LogP contribution in [0.4, 0.5) is 4.39 Å². The van der Waals surface area contributed by atoms with Crippen LogP contribution >= 0.6 is 23.2 Å². The van der Waals surface area contributed by atoms with Crippen molar-refractivity contribution in [1.82, 2.24) is 0 Å². The molecule has 0 heterocycles. The lowest BCUT2D eigenvalue weighted by molar-refractivity contribution is 0.411. The summed E-state index contributed by atoms with van der Waals surface area (Å²) in [6.45, 7) is 0. The molecule has 2 aromatic carbocycles. The molecular weight excluding hydrogens is 262 g/mol. The van der Waals surface area contributed by atoms with E-state index in [2.05, 4.69) is 0 Å². The number of ether oxygens (including phenoxy) is 1. The minimum atomic E-state index is -0.379. The molecule has 17 heavy (non-hydrogen) atoms. The zero-order valence-electron chi connectivity index (χ0n) is 9.01. The zero-order chi connectivity index (χ0) is 12.4. The van der Waals surface area contributed by atoms with E-state index in [1.54, 1.807) is 24.3 Å². The molecule has 2 rings (SSSR count). The summed E-state index contributed by atoms with van der Waals surface area (Å²) in [7, 11) is 1.48. The van der Waals surface area contributed by atoms with Crippen molar-refractivity contribution in [2.24, 2.45) is 0 Å². The van der Waals surface area contributed by atoms with Gasteiger partial charge in [-0.1, -0.05) is 35.3 Å². The number of benzene rings is 2. The number of rotatable bonds is 2. The van der Waals surface area contributed by atoms with Crippen molar-refractivity contribution in [3.05, 3.63) is 52.3 Å². The molecule has 0 aliphatic heterocycles. The summed E-state index contributed by atoms with van der Waals surface area (Å²) in [5, 5.41) is 0.842. The van der Waals surface area contributed by atoms with E-state index in [0.717, 1.165) is 0 Å². The van der Waals surface area contributed by atoms with Crippen molar-refractivity contribution in [3.63, 3.8) is 0 Å². The van der Waals surface area contributed by atoms with Crippen LogP contribution in [-0.4, -0.2) is 7.11 Å². The smallest absolute Gasteiger partial charge is 0.127 e. The van der Waals surface area contributed by atoms with E-state index < -0.39 is 0 Å². The summed E-state index contributed by atoms with van der Waals surface area (Å²) in [6.07, 6.45) is 0. The molecule has 0 atom stereocenters. The van der Waals surface area contributed by atoms with E-state index in [-0.39, 0.29) is 5.82 Å². The Bertz CT molecular complexity index is 555. The highest BCUT2D eigenvalue weighted by atomic mass is 35.5. The summed E-state index contributed by atoms with van der Waals surface area (Å²) in [6, 6.07) is 9.63. The van der Waals surface area contributed by atoms with Gasteiger partial charge in [-0.3, -0.25) is 0 Å². The Balaban J connectivity index is 2.60. The lowest BCUT2D eigenvalue weighted by atomic mass is 10.1. The largest absolute Gasteiger partial charge is 0.497 e. The summed E-state index contributed by atoms with van der Waals surface area (Å²) in [4.78, 5) is 0. The van der Waals surface area contributed by atoms with Crippen molar-refractivity contribution < 1.29 is 9.13 Å². The Morgan fingerprint density at radius 2 is 1.88 bits per heavy atom. The second-order valence-electron chi connectivity index (χ2n) is 3.48. The van der Waals surface area contributed by atoms with Crippen molar-refractivity contribution in [1.29, 1.82) is 0 Å². The molecule has 2 aromatic rings. The first kappa shape index (κ1) is 12.2. The lowest BCUT2D eigenvalue weighted by Crippen LogP contribution is -1.87. The molecule has 0 aliphatic carbocycles. The maximum absolute atomic E-state index is 13.4. The molecule has 1 nitrogen and oxygen atoms in total. The highest BCUT2D eigenvalue weighted by Gasteiger charge is 2.09. The van der Waals surface area contributed by atoms with Gasteiger partial charge < -0.3 is 4.74 Å². The van der Waals surface area contributed by atoms with Crippen LogP contribution in [-0.2, 0) is 0 Å². The van der Waals surface area contributed by atoms with Gasteiger partial charge in [0.1, 0.15) is 11.6 Å². The molecule has 0 saturated carbocycles. The van der Waals surface area contributed by atoms with E-state index in [0.29, 0.717) is 26.9 Å². The van der Waals surface area contributed by atoms with Crippen molar-refractivity contribution in [3.8, 4) is 16.9 Å². The Morgan fingerprint density at radius 1 is 1.12 bits per heavy atom. The molecule has 0 fully saturated rings. The van der Waals surface area contributed by atoms with Crippen LogP contribution in [0.2, 0.25) is 10.0 Å². The molecule has 0 N–H and O–H groups in total. The number of hydrogen-bond acceptors (Lipinski definition) is 1. The van der Waals surface area contributed by atoms with Gasteiger partial charge in [-0.05, 0) is 23.8 Å². The minimum Gasteiger partial charge on any atom is -0.497 e. The molecule has 0 radical (unpaired) electrons. The molecular formula is C13H9Cl2FO. The maximum atomic E-state index is 13.4. The normalized spacial score (nSPS) is 10.4. The van der Waals surface area contributed by atoms with E-state index in [9.17, 15) is 4.39 Å². The number of methoxy groups -OCH3 is 1. The first-order valence-electron chi connectivity index (χ1n) is 4.91. The van der Waals surface area contributed by atoms with Gasteiger partial charge in [-0.15, -0.1) is 0 Å². The fraction of sp³-hybridized carbons (Fsp3) is 0.0769. The van der Waals surface area contributed by atoms with Gasteiger partial charge in [-0.2, -0.15) is 0 Å². The van der Waals surface area contributed by atoms with Crippen LogP contribution in [0.1, 0.15) is 0 Å². The zero-order valence-corrected chi connectivity index (χ0v) is 10.5. The van der Waals surface area contributed by atoms with Gasteiger partial charge in [0.05, 0.1) is 17.2 Å². The van der Waals surface area contributed by atoms with Crippen molar-refractivity contribution >= 4 is 23.2 Å². The SMILES string of the molecule is COc1cc(F)cc(-c2cccc(Cl)c2Cl)c1. The average molecular weight is 271 g/mol. The first-order valence-corrected chi connectivity index (χ1v) is 5.66. The molecule has 88 valence electrons. The van der Waals surface area contributed by atoms with Crippen molar-refractivity contribution in [2.45, 2.75) is 0 Å². The summed E-state index contributed by atoms with van der Waals surface area (Å²) < 4.78 is 18.4. The summed E-state index contributed by atoms with van der Waals surface area (Å²) in [5.74, 6) is 0.0615. The van der Waals surface area contributed by atoms with Crippen LogP contribution in [0.25, 0.3) is 11.1 Å². The third-order valence-corrected chi connectivity index (χ3v) is 3.19. The Labute approximate surface area is 109 Å². The third kappa shape index (κ3) is 2.54. The first-order chi connectivity index (χ1) is 8.11. The fourth-order valence-corrected chi connectivity index (χ4v) is 1.97. The van der Waals surface area contributed by atoms with E-state index in [1.165, 1.54) is 19.2 Å². The predicted molar refractivity (Wildman–Crippen MR) is 68.4 cm³/mol. The van der Waals surface area contributed by atoms with Crippen LogP contribution < -0.4 is 4.74 Å². The molecule has 0 aliphatic rings. The third-order valence-electron chi connectivity index (χ3n) is 2.37. The molecule has 0 spiro atoms. The quantitative estimate of drug-likeness (QED) is 0.761. The van der Waals surface area contributed by atoms with Gasteiger partial charge in [0.15, 0.2) is 0 Å². The van der Waals surface area contributed by atoms with Gasteiger partial charge in [0, 0.05) is 11.6 Å². The molecule has 4 heteroatoms. The van der Waals surface area contributed by atoms with Gasteiger partial charge in [0.2, 0.25) is 0 Å². The predicted octanol–water partition coefficient (Wildman–Crippen LogP) is 4.81. The van der Waals surface area contributed by atoms with Gasteiger partial charge in [-0.25, -0.2) is 4.39 Å². The molecule has 0 saturated heterocycles. The fourth-order valence-electron chi connectivity index (χ4n) is 1.56. The Kier molecular flexibility index (Phi) is 3.55. The van der Waals surface area contributed by atoms with E-state index >= 15 is 0 Å². The Morgan fingerprint density at radius 3 is 2.59 bits per heavy atom. The molecule has 0 aromatic heterocycles. The molecule has 0 amide bonds.